The Bertz CT molecular complexity index is 1490. The van der Waals surface area contributed by atoms with Gasteiger partial charge in [-0.3, -0.25) is 24.2 Å². The third-order valence-electron chi connectivity index (χ3n) is 6.93. The van der Waals surface area contributed by atoms with E-state index in [1.165, 1.54) is 16.0 Å². The highest BCUT2D eigenvalue weighted by atomic mass is 16.6. The van der Waals surface area contributed by atoms with Crippen molar-refractivity contribution in [1.82, 2.24) is 15.1 Å². The SMILES string of the molecule is CC(C)C1C(=O)N(CC(=O)N[C@@H](Cc2ccccc2)C(=O)C(=O)O)C(c2ccccc2)=CN1C(=O)OCc1ccccc1. The van der Waals surface area contributed by atoms with Crippen molar-refractivity contribution in [2.24, 2.45) is 5.92 Å². The Balaban J connectivity index is 1.62. The van der Waals surface area contributed by atoms with Gasteiger partial charge in [0.25, 0.3) is 11.7 Å². The first-order valence-electron chi connectivity index (χ1n) is 13.8. The molecule has 10 nitrogen and oxygen atoms in total. The summed E-state index contributed by atoms with van der Waals surface area (Å²) in [5.74, 6) is -4.45. The van der Waals surface area contributed by atoms with Crippen molar-refractivity contribution in [1.29, 1.82) is 0 Å². The van der Waals surface area contributed by atoms with Gasteiger partial charge >= 0.3 is 12.1 Å². The highest BCUT2D eigenvalue weighted by Crippen LogP contribution is 2.30. The Morgan fingerprint density at radius 2 is 1.42 bits per heavy atom. The molecular weight excluding hydrogens is 550 g/mol. The molecule has 0 saturated carbocycles. The highest BCUT2D eigenvalue weighted by Gasteiger charge is 2.42. The highest BCUT2D eigenvalue weighted by molar-refractivity contribution is 6.35. The summed E-state index contributed by atoms with van der Waals surface area (Å²) in [6, 6.07) is 24.3. The third kappa shape index (κ3) is 7.73. The number of rotatable bonds is 11. The van der Waals surface area contributed by atoms with Crippen LogP contribution >= 0.6 is 0 Å². The third-order valence-corrected chi connectivity index (χ3v) is 6.93. The monoisotopic (exact) mass is 583 g/mol. The number of hydrogen-bond donors (Lipinski definition) is 2. The summed E-state index contributed by atoms with van der Waals surface area (Å²) < 4.78 is 5.55. The fraction of sp³-hybridized carbons (Fsp3) is 0.242. The van der Waals surface area contributed by atoms with Gasteiger partial charge in [0.15, 0.2) is 0 Å². The zero-order valence-corrected chi connectivity index (χ0v) is 23.9. The van der Waals surface area contributed by atoms with E-state index in [4.69, 9.17) is 4.74 Å². The lowest BCUT2D eigenvalue weighted by Gasteiger charge is -2.40. The molecule has 3 aromatic rings. The number of carbonyl (C=O) groups excluding carboxylic acids is 4. The smallest absolute Gasteiger partial charge is 0.414 e. The molecule has 0 aromatic heterocycles. The van der Waals surface area contributed by atoms with Gasteiger partial charge in [-0.1, -0.05) is 105 Å². The maximum absolute atomic E-state index is 14.0. The largest absolute Gasteiger partial charge is 0.475 e. The summed E-state index contributed by atoms with van der Waals surface area (Å²) in [4.78, 5) is 67.1. The summed E-state index contributed by atoms with van der Waals surface area (Å²) in [7, 11) is 0. The first kappa shape index (κ1) is 30.7. The molecular formula is C33H33N3O7. The topological polar surface area (TPSA) is 133 Å². The molecule has 2 N–H and O–H groups in total. The number of aliphatic carboxylic acids is 1. The molecule has 1 aliphatic heterocycles. The number of carbonyl (C=O) groups is 5. The molecule has 0 aliphatic carbocycles. The van der Waals surface area contributed by atoms with E-state index in [1.54, 1.807) is 74.5 Å². The van der Waals surface area contributed by atoms with Crippen molar-refractivity contribution in [3.05, 3.63) is 114 Å². The molecule has 3 amide bonds. The molecule has 3 aromatic carbocycles. The van der Waals surface area contributed by atoms with Gasteiger partial charge < -0.3 is 15.2 Å². The molecule has 0 fully saturated rings. The van der Waals surface area contributed by atoms with Crippen molar-refractivity contribution >= 4 is 35.4 Å². The second kappa shape index (κ2) is 14.1. The molecule has 222 valence electrons. The number of nitrogens with zero attached hydrogens (tertiary/aromatic N) is 2. The number of nitrogens with one attached hydrogen (secondary N) is 1. The van der Waals surface area contributed by atoms with Gasteiger partial charge in [-0.25, -0.2) is 9.59 Å². The number of hydrogen-bond acceptors (Lipinski definition) is 6. The normalized spacial score (nSPS) is 15.5. The molecule has 2 atom stereocenters. The van der Waals surface area contributed by atoms with Crippen LogP contribution in [-0.4, -0.2) is 63.2 Å². The first-order valence-corrected chi connectivity index (χ1v) is 13.8. The van der Waals surface area contributed by atoms with Crippen LogP contribution in [0, 0.1) is 5.92 Å². The van der Waals surface area contributed by atoms with Crippen molar-refractivity contribution in [2.75, 3.05) is 6.54 Å². The Hall–Kier alpha value is -5.25. The Morgan fingerprint density at radius 3 is 1.98 bits per heavy atom. The van der Waals surface area contributed by atoms with E-state index in [2.05, 4.69) is 5.32 Å². The van der Waals surface area contributed by atoms with Crippen molar-refractivity contribution in [3.8, 4) is 0 Å². The van der Waals surface area contributed by atoms with Gasteiger partial charge in [-0.05, 0) is 22.6 Å². The van der Waals surface area contributed by atoms with E-state index >= 15 is 0 Å². The Kier molecular flexibility index (Phi) is 10.1. The lowest BCUT2D eigenvalue weighted by molar-refractivity contribution is -0.150. The van der Waals surface area contributed by atoms with Crippen molar-refractivity contribution in [2.45, 2.75) is 39.0 Å². The maximum Gasteiger partial charge on any atom is 0.414 e. The number of benzene rings is 3. The van der Waals surface area contributed by atoms with Crippen LogP contribution in [0.1, 0.15) is 30.5 Å². The predicted octanol–water partition coefficient (Wildman–Crippen LogP) is 3.87. The fourth-order valence-electron chi connectivity index (χ4n) is 4.84. The number of carboxylic acid groups (broad SMARTS) is 1. The summed E-state index contributed by atoms with van der Waals surface area (Å²) in [5, 5.41) is 11.9. The van der Waals surface area contributed by atoms with E-state index in [9.17, 15) is 29.1 Å². The number of Topliss-reactive ketones (excluding diaryl/α,β-unsaturated/α-hetero) is 1. The lowest BCUT2D eigenvalue weighted by Crippen LogP contribution is -2.57. The maximum atomic E-state index is 14.0. The number of carboxylic acids is 1. The number of ketones is 1. The van der Waals surface area contributed by atoms with Crippen molar-refractivity contribution in [3.63, 3.8) is 0 Å². The van der Waals surface area contributed by atoms with Gasteiger partial charge in [0.1, 0.15) is 25.2 Å². The average Bonchev–Trinajstić information content (AvgIpc) is 3.01. The molecule has 4 rings (SSSR count). The van der Waals surface area contributed by atoms with Crippen molar-refractivity contribution < 1.29 is 33.8 Å². The van der Waals surface area contributed by atoms with Crippen LogP contribution in [0.25, 0.3) is 5.70 Å². The minimum Gasteiger partial charge on any atom is -0.475 e. The standard InChI is InChI=1S/C33H33N3O7/c1-22(2)29-31(39)35(20-28(37)34-26(30(38)32(40)41)18-23-12-6-3-7-13-23)27(25-16-10-5-11-17-25)19-36(29)33(42)43-21-24-14-8-4-9-15-24/h3-17,19,22,26,29H,18,20-21H2,1-2H3,(H,34,37)(H,40,41)/t26-,29?/m0/s1. The van der Waals surface area contributed by atoms with E-state index in [-0.39, 0.29) is 24.6 Å². The average molecular weight is 584 g/mol. The van der Waals surface area contributed by atoms with Gasteiger partial charge in [-0.2, -0.15) is 0 Å². The molecule has 1 aliphatic rings. The molecule has 1 unspecified atom stereocenters. The van der Waals surface area contributed by atoms with Crippen LogP contribution in [0.15, 0.2) is 97.2 Å². The zero-order chi connectivity index (χ0) is 30.9. The Labute approximate surface area is 249 Å². The van der Waals surface area contributed by atoms with Crippen LogP contribution in [0.5, 0.6) is 0 Å². The van der Waals surface area contributed by atoms with E-state index in [0.717, 1.165) is 5.56 Å². The zero-order valence-electron chi connectivity index (χ0n) is 23.9. The van der Waals surface area contributed by atoms with Crippen LogP contribution in [0.3, 0.4) is 0 Å². The molecule has 0 radical (unpaired) electrons. The number of ether oxygens (including phenoxy) is 1. The fourth-order valence-corrected chi connectivity index (χ4v) is 4.84. The minimum absolute atomic E-state index is 0.0101. The molecule has 43 heavy (non-hydrogen) atoms. The lowest BCUT2D eigenvalue weighted by atomic mass is 9.97. The van der Waals surface area contributed by atoms with Crippen LogP contribution in [0.2, 0.25) is 0 Å². The second-order valence-corrected chi connectivity index (χ2v) is 10.4. The van der Waals surface area contributed by atoms with E-state index in [0.29, 0.717) is 11.1 Å². The van der Waals surface area contributed by atoms with Gasteiger partial charge in [0.2, 0.25) is 5.91 Å². The summed E-state index contributed by atoms with van der Waals surface area (Å²) >= 11 is 0. The van der Waals surface area contributed by atoms with Gasteiger partial charge in [0.05, 0.1) is 5.70 Å². The second-order valence-electron chi connectivity index (χ2n) is 10.4. The quantitative estimate of drug-likeness (QED) is 0.328. The van der Waals surface area contributed by atoms with Crippen LogP contribution < -0.4 is 5.32 Å². The molecule has 0 bridgehead atoms. The summed E-state index contributed by atoms with van der Waals surface area (Å²) in [6.45, 7) is 3.06. The predicted molar refractivity (Wildman–Crippen MR) is 158 cm³/mol. The summed E-state index contributed by atoms with van der Waals surface area (Å²) in [6.07, 6.45) is 0.734. The van der Waals surface area contributed by atoms with Crippen LogP contribution in [-0.2, 0) is 36.9 Å². The molecule has 0 spiro atoms. The van der Waals surface area contributed by atoms with E-state index < -0.39 is 48.3 Å². The minimum atomic E-state index is -1.68. The molecule has 1 heterocycles. The van der Waals surface area contributed by atoms with E-state index in [1.807, 2.05) is 30.3 Å². The Morgan fingerprint density at radius 1 is 0.860 bits per heavy atom. The molecule has 10 heteroatoms. The van der Waals surface area contributed by atoms with Crippen LogP contribution in [0.4, 0.5) is 4.79 Å². The van der Waals surface area contributed by atoms with Gasteiger partial charge in [-0.15, -0.1) is 0 Å². The first-order chi connectivity index (χ1) is 20.7. The molecule has 0 saturated heterocycles. The number of amides is 3. The summed E-state index contributed by atoms with van der Waals surface area (Å²) in [5.41, 5.74) is 2.28. The van der Waals surface area contributed by atoms with Gasteiger partial charge in [0, 0.05) is 12.6 Å².